The van der Waals surface area contributed by atoms with Gasteiger partial charge in [-0.2, -0.15) is 0 Å². The molecule has 0 aliphatic rings. The number of aromatic nitrogens is 1. The van der Waals surface area contributed by atoms with Gasteiger partial charge in [-0.3, -0.25) is 0 Å². The molecule has 0 saturated heterocycles. The molecule has 0 fully saturated rings. The molecule has 11 aromatic rings. The molecule has 0 N–H and O–H groups in total. The number of hydrogen-bond donors (Lipinski definition) is 0. The maximum absolute atomic E-state index is 2.41. The average Bonchev–Trinajstić information content (AvgIpc) is 3.64. The monoisotopic (exact) mass is 738 g/mol. The zero-order valence-corrected chi connectivity index (χ0v) is 31.8. The summed E-state index contributed by atoms with van der Waals surface area (Å²) >= 11 is 0. The fourth-order valence-corrected chi connectivity index (χ4v) is 8.85. The first-order valence-electron chi connectivity index (χ1n) is 19.9. The van der Waals surface area contributed by atoms with Gasteiger partial charge in [-0.05, 0) is 110 Å². The van der Waals surface area contributed by atoms with E-state index in [1.165, 1.54) is 82.4 Å². The van der Waals surface area contributed by atoms with Crippen LogP contribution in [-0.2, 0) is 0 Å². The van der Waals surface area contributed by atoms with Crippen molar-refractivity contribution in [3.05, 3.63) is 231 Å². The summed E-state index contributed by atoms with van der Waals surface area (Å²) in [6.45, 7) is 0. The Bertz CT molecular complexity index is 3200. The molecule has 10 aromatic carbocycles. The molecule has 0 amide bonds. The van der Waals surface area contributed by atoms with Crippen LogP contribution in [0.15, 0.2) is 231 Å². The summed E-state index contributed by atoms with van der Waals surface area (Å²) in [5.41, 5.74) is 14.1. The molecule has 0 aliphatic heterocycles. The van der Waals surface area contributed by atoms with Gasteiger partial charge >= 0.3 is 0 Å². The molecule has 0 unspecified atom stereocenters. The highest BCUT2D eigenvalue weighted by Gasteiger charge is 2.17. The first-order chi connectivity index (χ1) is 28.8. The van der Waals surface area contributed by atoms with Crippen LogP contribution in [0.5, 0.6) is 0 Å². The van der Waals surface area contributed by atoms with Gasteiger partial charge in [0.25, 0.3) is 0 Å². The van der Waals surface area contributed by atoms with E-state index in [2.05, 4.69) is 240 Å². The van der Waals surface area contributed by atoms with E-state index in [4.69, 9.17) is 0 Å². The Morgan fingerprint density at radius 3 is 1.36 bits per heavy atom. The number of hydrogen-bond acceptors (Lipinski definition) is 1. The lowest BCUT2D eigenvalue weighted by Gasteiger charge is -2.26. The molecule has 0 atom stereocenters. The predicted molar refractivity (Wildman–Crippen MR) is 247 cm³/mol. The van der Waals surface area contributed by atoms with Gasteiger partial charge in [0, 0.05) is 33.4 Å². The highest BCUT2D eigenvalue weighted by atomic mass is 15.1. The van der Waals surface area contributed by atoms with E-state index in [1.807, 2.05) is 0 Å². The molecule has 272 valence electrons. The van der Waals surface area contributed by atoms with Crippen LogP contribution in [0.1, 0.15) is 0 Å². The summed E-state index contributed by atoms with van der Waals surface area (Å²) in [6.07, 6.45) is 0. The molecule has 58 heavy (non-hydrogen) atoms. The number of para-hydroxylation sites is 4. The Morgan fingerprint density at radius 1 is 0.276 bits per heavy atom. The van der Waals surface area contributed by atoms with Crippen molar-refractivity contribution < 1.29 is 0 Å². The molecule has 0 bridgehead atoms. The molecular weight excluding hydrogens is 701 g/mol. The van der Waals surface area contributed by atoms with Crippen molar-refractivity contribution in [2.45, 2.75) is 0 Å². The maximum atomic E-state index is 2.41. The van der Waals surface area contributed by atoms with Crippen molar-refractivity contribution in [1.29, 1.82) is 0 Å². The first-order valence-corrected chi connectivity index (χ1v) is 19.9. The maximum Gasteiger partial charge on any atom is 0.0541 e. The number of anilines is 3. The Hall–Kier alpha value is -7.68. The molecule has 0 radical (unpaired) electrons. The van der Waals surface area contributed by atoms with Crippen LogP contribution < -0.4 is 4.90 Å². The summed E-state index contributed by atoms with van der Waals surface area (Å²) in [5, 5.41) is 7.63. The minimum Gasteiger partial charge on any atom is -0.311 e. The topological polar surface area (TPSA) is 8.17 Å². The minimum absolute atomic E-state index is 1.11. The third kappa shape index (κ3) is 5.74. The van der Waals surface area contributed by atoms with Gasteiger partial charge < -0.3 is 9.47 Å². The fourth-order valence-electron chi connectivity index (χ4n) is 8.85. The van der Waals surface area contributed by atoms with Gasteiger partial charge in [0.15, 0.2) is 0 Å². The second-order valence-electron chi connectivity index (χ2n) is 14.9. The molecular formula is C56H38N2. The molecule has 1 heterocycles. The smallest absolute Gasteiger partial charge is 0.0541 e. The second-order valence-corrected chi connectivity index (χ2v) is 14.9. The molecule has 0 saturated carbocycles. The van der Waals surface area contributed by atoms with Gasteiger partial charge in [-0.25, -0.2) is 0 Å². The second kappa shape index (κ2) is 14.1. The normalized spacial score (nSPS) is 11.4. The van der Waals surface area contributed by atoms with Crippen molar-refractivity contribution in [2.75, 3.05) is 4.90 Å². The quantitative estimate of drug-likeness (QED) is 0.148. The van der Waals surface area contributed by atoms with E-state index in [1.54, 1.807) is 0 Å². The summed E-state index contributed by atoms with van der Waals surface area (Å²) in [7, 11) is 0. The van der Waals surface area contributed by atoms with Gasteiger partial charge in [0.2, 0.25) is 0 Å². The van der Waals surface area contributed by atoms with Gasteiger partial charge in [-0.15, -0.1) is 0 Å². The third-order valence-corrected chi connectivity index (χ3v) is 11.6. The van der Waals surface area contributed by atoms with Gasteiger partial charge in [0.05, 0.1) is 16.7 Å². The minimum atomic E-state index is 1.11. The van der Waals surface area contributed by atoms with E-state index in [0.29, 0.717) is 0 Å². The molecule has 11 rings (SSSR count). The predicted octanol–water partition coefficient (Wildman–Crippen LogP) is 15.6. The fraction of sp³-hybridized carbons (Fsp3) is 0. The van der Waals surface area contributed by atoms with Crippen molar-refractivity contribution in [3.63, 3.8) is 0 Å². The zero-order valence-electron chi connectivity index (χ0n) is 31.8. The van der Waals surface area contributed by atoms with Crippen molar-refractivity contribution >= 4 is 60.4 Å². The standard InChI is InChI=1S/C56H38N2/c1-2-15-44(16-3-1)57(46-36-32-42(33-37-46)53-38-43-14-4-5-17-47(43)49-19-6-7-20-50(49)53)45-34-30-40(31-35-45)39-26-28-41(29-27-39)48-18-8-11-23-54(48)58-55-24-12-9-21-51(55)52-22-10-13-25-56(52)58/h1-38H. The number of fused-ring (bicyclic) bond motifs is 6. The molecule has 2 nitrogen and oxygen atoms in total. The zero-order chi connectivity index (χ0) is 38.4. The molecule has 2 heteroatoms. The highest BCUT2D eigenvalue weighted by molar-refractivity contribution is 6.14. The lowest BCUT2D eigenvalue weighted by molar-refractivity contribution is 1.18. The third-order valence-electron chi connectivity index (χ3n) is 11.6. The van der Waals surface area contributed by atoms with Crippen molar-refractivity contribution in [3.8, 4) is 39.1 Å². The number of nitrogens with zero attached hydrogens (tertiary/aromatic N) is 2. The number of benzene rings is 10. The van der Waals surface area contributed by atoms with E-state index >= 15 is 0 Å². The van der Waals surface area contributed by atoms with Crippen LogP contribution in [0, 0.1) is 0 Å². The van der Waals surface area contributed by atoms with E-state index in [9.17, 15) is 0 Å². The van der Waals surface area contributed by atoms with Crippen LogP contribution in [0.4, 0.5) is 17.1 Å². The lowest BCUT2D eigenvalue weighted by atomic mass is 9.93. The summed E-state index contributed by atoms with van der Waals surface area (Å²) in [4.78, 5) is 2.33. The van der Waals surface area contributed by atoms with Gasteiger partial charge in [0.1, 0.15) is 0 Å². The molecule has 1 aromatic heterocycles. The van der Waals surface area contributed by atoms with Crippen LogP contribution in [0.25, 0.3) is 82.4 Å². The van der Waals surface area contributed by atoms with Crippen molar-refractivity contribution in [2.24, 2.45) is 0 Å². The lowest BCUT2D eigenvalue weighted by Crippen LogP contribution is -2.09. The summed E-state index contributed by atoms with van der Waals surface area (Å²) < 4.78 is 2.41. The van der Waals surface area contributed by atoms with Crippen LogP contribution in [0.2, 0.25) is 0 Å². The van der Waals surface area contributed by atoms with Crippen LogP contribution in [-0.4, -0.2) is 4.57 Å². The van der Waals surface area contributed by atoms with Crippen LogP contribution in [0.3, 0.4) is 0 Å². The number of rotatable bonds is 7. The first kappa shape index (κ1) is 33.6. The summed E-state index contributed by atoms with van der Waals surface area (Å²) in [5.74, 6) is 0. The Kier molecular flexibility index (Phi) is 8.19. The van der Waals surface area contributed by atoms with Gasteiger partial charge in [-0.1, -0.05) is 170 Å². The van der Waals surface area contributed by atoms with E-state index in [-0.39, 0.29) is 0 Å². The Balaban J connectivity index is 0.918. The highest BCUT2D eigenvalue weighted by Crippen LogP contribution is 2.40. The molecule has 0 aliphatic carbocycles. The Morgan fingerprint density at radius 2 is 0.707 bits per heavy atom. The molecule has 0 spiro atoms. The summed E-state index contributed by atoms with van der Waals surface area (Å²) in [6, 6.07) is 83.5. The largest absolute Gasteiger partial charge is 0.311 e. The average molecular weight is 739 g/mol. The van der Waals surface area contributed by atoms with E-state index in [0.717, 1.165) is 17.1 Å². The Labute approximate surface area is 338 Å². The van der Waals surface area contributed by atoms with Crippen molar-refractivity contribution in [1.82, 2.24) is 4.57 Å². The van der Waals surface area contributed by atoms with Crippen LogP contribution >= 0.6 is 0 Å². The SMILES string of the molecule is c1ccc(N(c2ccc(-c3ccc(-c4ccccc4-n4c5ccccc5c5ccccc54)cc3)cc2)c2ccc(-c3cc4ccccc4c4ccccc34)cc2)cc1. The van der Waals surface area contributed by atoms with E-state index < -0.39 is 0 Å².